The van der Waals surface area contributed by atoms with Gasteiger partial charge in [0.05, 0.1) is 5.57 Å². The molecule has 6 nitrogen and oxygen atoms in total. The molecule has 0 saturated carbocycles. The number of carbonyl (C=O) groups excluding carboxylic acids is 3. The van der Waals surface area contributed by atoms with Crippen LogP contribution in [-0.4, -0.2) is 24.6 Å². The molecule has 2 aliphatic rings. The van der Waals surface area contributed by atoms with E-state index in [-0.39, 0.29) is 23.8 Å². The first-order valence-electron chi connectivity index (χ1n) is 10.2. The van der Waals surface area contributed by atoms with Crippen molar-refractivity contribution in [2.75, 3.05) is 6.61 Å². The largest absolute Gasteiger partial charge is 0.448 e. The zero-order chi connectivity index (χ0) is 21.1. The van der Waals surface area contributed by atoms with Gasteiger partial charge in [0.1, 0.15) is 12.3 Å². The third-order valence-corrected chi connectivity index (χ3v) is 5.54. The summed E-state index contributed by atoms with van der Waals surface area (Å²) in [7, 11) is 0. The zero-order valence-corrected chi connectivity index (χ0v) is 16.8. The summed E-state index contributed by atoms with van der Waals surface area (Å²) in [5.74, 6) is -1.61. The van der Waals surface area contributed by atoms with Crippen LogP contribution in [0.2, 0.25) is 0 Å². The molecule has 0 radical (unpaired) electrons. The molecule has 0 unspecified atom stereocenters. The van der Waals surface area contributed by atoms with Crippen molar-refractivity contribution in [3.8, 4) is 11.1 Å². The molecule has 0 fully saturated rings. The lowest BCUT2D eigenvalue weighted by atomic mass is 9.98. The highest BCUT2D eigenvalue weighted by atomic mass is 16.6. The minimum absolute atomic E-state index is 0.0849. The average molecular weight is 405 g/mol. The van der Waals surface area contributed by atoms with Crippen LogP contribution in [-0.2, 0) is 19.1 Å². The Bertz CT molecular complexity index is 994. The van der Waals surface area contributed by atoms with Gasteiger partial charge < -0.3 is 9.47 Å². The Morgan fingerprint density at radius 3 is 2.23 bits per heavy atom. The van der Waals surface area contributed by atoms with E-state index in [2.05, 4.69) is 22.2 Å². The molecule has 1 aliphatic carbocycles. The number of amides is 1. The van der Waals surface area contributed by atoms with Crippen molar-refractivity contribution in [2.24, 2.45) is 0 Å². The monoisotopic (exact) mass is 405 g/mol. The average Bonchev–Trinajstić information content (AvgIpc) is 3.21. The van der Waals surface area contributed by atoms with Crippen LogP contribution in [0.3, 0.4) is 0 Å². The van der Waals surface area contributed by atoms with Crippen LogP contribution in [0.1, 0.15) is 49.7 Å². The summed E-state index contributed by atoms with van der Waals surface area (Å²) in [4.78, 5) is 36.3. The van der Waals surface area contributed by atoms with Crippen LogP contribution in [0.5, 0.6) is 0 Å². The first-order valence-corrected chi connectivity index (χ1v) is 10.2. The number of esters is 2. The van der Waals surface area contributed by atoms with Crippen LogP contribution in [0.25, 0.3) is 11.1 Å². The fourth-order valence-corrected chi connectivity index (χ4v) is 4.06. The summed E-state index contributed by atoms with van der Waals surface area (Å²) in [5, 5.41) is 2.43. The maximum Gasteiger partial charge on any atom is 0.411 e. The highest BCUT2D eigenvalue weighted by molar-refractivity contribution is 6.13. The Balaban J connectivity index is 1.46. The highest BCUT2D eigenvalue weighted by Gasteiger charge is 2.34. The number of rotatable bonds is 7. The molecule has 30 heavy (non-hydrogen) atoms. The van der Waals surface area contributed by atoms with Crippen molar-refractivity contribution < 1.29 is 23.9 Å². The van der Waals surface area contributed by atoms with Gasteiger partial charge in [0, 0.05) is 5.92 Å². The van der Waals surface area contributed by atoms with E-state index in [1.807, 2.05) is 43.3 Å². The Hall–Kier alpha value is -3.41. The van der Waals surface area contributed by atoms with Crippen molar-refractivity contribution in [3.63, 3.8) is 0 Å². The fourth-order valence-electron chi connectivity index (χ4n) is 4.06. The molecule has 1 amide bonds. The minimum atomic E-state index is -0.833. The van der Waals surface area contributed by atoms with E-state index >= 15 is 0 Å². The number of fused-ring (bicyclic) bond motifs is 3. The van der Waals surface area contributed by atoms with Gasteiger partial charge in [-0.1, -0.05) is 68.3 Å². The number of carbonyl (C=O) groups is 3. The van der Waals surface area contributed by atoms with Gasteiger partial charge in [-0.3, -0.25) is 5.32 Å². The molecule has 154 valence electrons. The van der Waals surface area contributed by atoms with Crippen molar-refractivity contribution in [1.29, 1.82) is 0 Å². The molecular formula is C24H23NO5. The van der Waals surface area contributed by atoms with Crippen LogP contribution < -0.4 is 5.32 Å². The summed E-state index contributed by atoms with van der Waals surface area (Å²) >= 11 is 0. The number of hydrogen-bond acceptors (Lipinski definition) is 5. The Kier molecular flexibility index (Phi) is 5.65. The van der Waals surface area contributed by atoms with Crippen molar-refractivity contribution in [3.05, 3.63) is 70.9 Å². The zero-order valence-electron chi connectivity index (χ0n) is 16.8. The van der Waals surface area contributed by atoms with Crippen LogP contribution in [0, 0.1) is 0 Å². The van der Waals surface area contributed by atoms with E-state index in [4.69, 9.17) is 4.74 Å². The standard InChI is InChI=1S/C24H23NO5/c1-2-3-4-13-19-21(23(27)30-22(19)26)25-24(28)29-14-20-17-11-7-5-9-15(17)16-10-6-8-12-18(16)20/h5-12,20H,2-4,13-14H2,1H3,(H,25,28). The molecule has 4 rings (SSSR count). The number of hydrogen-bond donors (Lipinski definition) is 1. The number of nitrogens with one attached hydrogen (secondary N) is 1. The van der Waals surface area contributed by atoms with E-state index in [0.29, 0.717) is 6.42 Å². The van der Waals surface area contributed by atoms with E-state index in [1.165, 1.54) is 0 Å². The molecule has 0 saturated heterocycles. The fraction of sp³-hybridized carbons (Fsp3) is 0.292. The smallest absolute Gasteiger partial charge is 0.411 e. The van der Waals surface area contributed by atoms with Gasteiger partial charge in [-0.25, -0.2) is 14.4 Å². The third kappa shape index (κ3) is 3.73. The van der Waals surface area contributed by atoms with E-state index < -0.39 is 18.0 Å². The van der Waals surface area contributed by atoms with E-state index in [1.54, 1.807) is 0 Å². The van der Waals surface area contributed by atoms with Gasteiger partial charge in [0.15, 0.2) is 0 Å². The van der Waals surface area contributed by atoms with Crippen molar-refractivity contribution in [2.45, 2.75) is 38.5 Å². The summed E-state index contributed by atoms with van der Waals surface area (Å²) < 4.78 is 10.1. The predicted molar refractivity (Wildman–Crippen MR) is 110 cm³/mol. The van der Waals surface area contributed by atoms with Crippen molar-refractivity contribution >= 4 is 18.0 Å². The van der Waals surface area contributed by atoms with E-state index in [0.717, 1.165) is 41.5 Å². The first kappa shape index (κ1) is 19.9. The SMILES string of the molecule is CCCCCC1=C(NC(=O)OCC2c3ccccc3-c3ccccc32)C(=O)OC1=O. The maximum atomic E-state index is 12.4. The number of unbranched alkanes of at least 4 members (excludes halogenated alkanes) is 2. The lowest BCUT2D eigenvalue weighted by Crippen LogP contribution is -2.28. The maximum absolute atomic E-state index is 12.4. The molecule has 1 heterocycles. The summed E-state index contributed by atoms with van der Waals surface area (Å²) in [5.41, 5.74) is 4.57. The summed E-state index contributed by atoms with van der Waals surface area (Å²) in [6.07, 6.45) is 2.25. The molecule has 6 heteroatoms. The molecule has 1 aliphatic heterocycles. The Morgan fingerprint density at radius 2 is 1.60 bits per heavy atom. The van der Waals surface area contributed by atoms with Crippen molar-refractivity contribution in [1.82, 2.24) is 5.32 Å². The first-order chi connectivity index (χ1) is 14.6. The topological polar surface area (TPSA) is 81.7 Å². The van der Waals surface area contributed by atoms with Gasteiger partial charge in [-0.15, -0.1) is 0 Å². The van der Waals surface area contributed by atoms with Gasteiger partial charge >= 0.3 is 18.0 Å². The minimum Gasteiger partial charge on any atom is -0.448 e. The summed E-state index contributed by atoms with van der Waals surface area (Å²) in [6.45, 7) is 2.17. The van der Waals surface area contributed by atoms with Gasteiger partial charge in [-0.05, 0) is 35.1 Å². The van der Waals surface area contributed by atoms with Gasteiger partial charge in [0.25, 0.3) is 0 Å². The summed E-state index contributed by atoms with van der Waals surface area (Å²) in [6, 6.07) is 16.1. The Morgan fingerprint density at radius 1 is 0.967 bits per heavy atom. The second-order valence-corrected chi connectivity index (χ2v) is 7.44. The second-order valence-electron chi connectivity index (χ2n) is 7.44. The normalized spacial score (nSPS) is 15.1. The molecule has 0 aromatic heterocycles. The number of cyclic esters (lactones) is 2. The second kappa shape index (κ2) is 8.53. The van der Waals surface area contributed by atoms with Crippen LogP contribution >= 0.6 is 0 Å². The lowest BCUT2D eigenvalue weighted by molar-refractivity contribution is -0.151. The quantitative estimate of drug-likeness (QED) is 0.418. The number of benzene rings is 2. The molecule has 0 spiro atoms. The molecule has 2 aromatic carbocycles. The Labute approximate surface area is 174 Å². The molecule has 2 aromatic rings. The number of alkyl carbamates (subject to hydrolysis) is 1. The highest BCUT2D eigenvalue weighted by Crippen LogP contribution is 2.44. The molecule has 0 atom stereocenters. The van der Waals surface area contributed by atoms with E-state index in [9.17, 15) is 14.4 Å². The van der Waals surface area contributed by atoms with Crippen LogP contribution in [0.15, 0.2) is 59.8 Å². The van der Waals surface area contributed by atoms with Gasteiger partial charge in [0.2, 0.25) is 0 Å². The lowest BCUT2D eigenvalue weighted by Gasteiger charge is -2.14. The third-order valence-electron chi connectivity index (χ3n) is 5.54. The number of ether oxygens (including phenoxy) is 2. The van der Waals surface area contributed by atoms with Crippen LogP contribution in [0.4, 0.5) is 4.79 Å². The molecular weight excluding hydrogens is 382 g/mol. The molecule has 0 bridgehead atoms. The predicted octanol–water partition coefficient (Wildman–Crippen LogP) is 4.44. The molecule has 1 N–H and O–H groups in total. The van der Waals surface area contributed by atoms with Gasteiger partial charge in [-0.2, -0.15) is 0 Å².